The number of esters is 4. The molecular weight excluding hydrogens is 466 g/mol. The van der Waals surface area contributed by atoms with E-state index in [1.54, 1.807) is 26.8 Å². The average Bonchev–Trinajstić information content (AvgIpc) is 2.86. The van der Waals surface area contributed by atoms with Gasteiger partial charge in [0, 0.05) is 6.42 Å². The van der Waals surface area contributed by atoms with Gasteiger partial charge in [-0.25, -0.2) is 0 Å². The van der Waals surface area contributed by atoms with Crippen molar-refractivity contribution in [3.8, 4) is 11.5 Å². The van der Waals surface area contributed by atoms with E-state index in [2.05, 4.69) is 0 Å². The highest BCUT2D eigenvalue weighted by atomic mass is 16.6. The highest BCUT2D eigenvalue weighted by molar-refractivity contribution is 5.79. The molecule has 9 nitrogen and oxygen atoms in total. The number of unbranched alkanes of at least 4 members (excludes halogenated alkanes) is 1. The summed E-state index contributed by atoms with van der Waals surface area (Å²) in [5.41, 5.74) is 6.63. The van der Waals surface area contributed by atoms with Gasteiger partial charge < -0.3 is 24.7 Å². The second-order valence-electron chi connectivity index (χ2n) is 9.09. The van der Waals surface area contributed by atoms with E-state index in [0.717, 1.165) is 12.8 Å². The Morgan fingerprint density at radius 2 is 1.44 bits per heavy atom. The summed E-state index contributed by atoms with van der Waals surface area (Å²) in [6.45, 7) is 10.8. The first kappa shape index (κ1) is 31.1. The van der Waals surface area contributed by atoms with Gasteiger partial charge in [-0.2, -0.15) is 0 Å². The molecule has 0 aliphatic rings. The minimum atomic E-state index is -1.00. The number of benzene rings is 1. The van der Waals surface area contributed by atoms with Gasteiger partial charge in [0.1, 0.15) is 18.8 Å². The van der Waals surface area contributed by atoms with Crippen molar-refractivity contribution in [1.29, 1.82) is 0 Å². The summed E-state index contributed by atoms with van der Waals surface area (Å²) in [6, 6.07) is 3.69. The fourth-order valence-electron chi connectivity index (χ4n) is 2.86. The van der Waals surface area contributed by atoms with Crippen LogP contribution in [0.5, 0.6) is 11.5 Å². The molecule has 0 spiro atoms. The highest BCUT2D eigenvalue weighted by Crippen LogP contribution is 2.31. The van der Waals surface area contributed by atoms with Crippen molar-refractivity contribution in [2.24, 2.45) is 17.6 Å². The summed E-state index contributed by atoms with van der Waals surface area (Å²) in [6.07, 6.45) is 2.58. The van der Waals surface area contributed by atoms with Crippen LogP contribution in [0.15, 0.2) is 18.2 Å². The zero-order chi connectivity index (χ0) is 27.3. The molecule has 0 aromatic heterocycles. The Hall–Kier alpha value is -2.94. The van der Waals surface area contributed by atoms with Crippen LogP contribution < -0.4 is 15.2 Å². The van der Waals surface area contributed by atoms with Crippen LogP contribution in [0.25, 0.3) is 0 Å². The molecule has 36 heavy (non-hydrogen) atoms. The third kappa shape index (κ3) is 10.8. The molecule has 0 bridgehead atoms. The van der Waals surface area contributed by atoms with Crippen LogP contribution in [-0.2, 0) is 35.1 Å². The van der Waals surface area contributed by atoms with Gasteiger partial charge in [0.2, 0.25) is 0 Å². The number of hydrogen-bond acceptors (Lipinski definition) is 9. The van der Waals surface area contributed by atoms with E-state index >= 15 is 0 Å². The number of carbonyl (C=O) groups is 4. The standard InChI is InChI=1S/C27H41NO8/c1-7-10-11-24(29)33-16-19(6)34-27(32)21(28)14-20-12-13-22(35-25(30)17(4)8-2)23(15-20)36-26(31)18(5)9-3/h12-13,15,17-19,21H,7-11,14,16,28H2,1-6H3/t17?,18?,19-,21-/m0/s1. The first-order valence-corrected chi connectivity index (χ1v) is 12.7. The van der Waals surface area contributed by atoms with Crippen LogP contribution in [0.3, 0.4) is 0 Å². The van der Waals surface area contributed by atoms with E-state index in [1.807, 2.05) is 20.8 Å². The number of hydrogen-bond donors (Lipinski definition) is 1. The summed E-state index contributed by atoms with van der Waals surface area (Å²) in [5.74, 6) is -2.34. The Bertz CT molecular complexity index is 885. The first-order valence-electron chi connectivity index (χ1n) is 12.7. The lowest BCUT2D eigenvalue weighted by Gasteiger charge is -2.18. The lowest BCUT2D eigenvalue weighted by molar-refractivity contribution is -0.159. The monoisotopic (exact) mass is 507 g/mol. The maximum atomic E-state index is 12.4. The van der Waals surface area contributed by atoms with Crippen LogP contribution in [0.2, 0.25) is 0 Å². The second kappa shape index (κ2) is 15.9. The predicted molar refractivity (Wildman–Crippen MR) is 134 cm³/mol. The molecule has 0 fully saturated rings. The van der Waals surface area contributed by atoms with E-state index in [4.69, 9.17) is 24.7 Å². The van der Waals surface area contributed by atoms with Gasteiger partial charge >= 0.3 is 23.9 Å². The molecule has 1 aromatic carbocycles. The van der Waals surface area contributed by atoms with Crippen LogP contribution in [0.1, 0.15) is 79.2 Å². The molecule has 1 aromatic rings. The Morgan fingerprint density at radius 3 is 2.00 bits per heavy atom. The third-order valence-corrected chi connectivity index (χ3v) is 5.75. The van der Waals surface area contributed by atoms with Crippen molar-refractivity contribution < 1.29 is 38.1 Å². The molecule has 0 aliphatic carbocycles. The zero-order valence-electron chi connectivity index (χ0n) is 22.3. The summed E-state index contributed by atoms with van der Waals surface area (Å²) < 4.78 is 21.4. The number of rotatable bonds is 15. The molecule has 0 aliphatic heterocycles. The molecular formula is C27H41NO8. The molecule has 2 N–H and O–H groups in total. The van der Waals surface area contributed by atoms with Gasteiger partial charge in [0.25, 0.3) is 0 Å². The number of nitrogens with two attached hydrogens (primary N) is 1. The van der Waals surface area contributed by atoms with E-state index < -0.39 is 30.1 Å². The van der Waals surface area contributed by atoms with Gasteiger partial charge in [0.15, 0.2) is 11.5 Å². The van der Waals surface area contributed by atoms with Crippen molar-refractivity contribution in [2.75, 3.05) is 6.61 Å². The predicted octanol–water partition coefficient (Wildman–Crippen LogP) is 4.12. The summed E-state index contributed by atoms with van der Waals surface area (Å²) in [4.78, 5) is 48.8. The molecule has 0 saturated heterocycles. The van der Waals surface area contributed by atoms with Crippen molar-refractivity contribution in [3.63, 3.8) is 0 Å². The van der Waals surface area contributed by atoms with E-state index in [1.165, 1.54) is 12.1 Å². The number of carbonyl (C=O) groups excluding carboxylic acids is 4. The van der Waals surface area contributed by atoms with E-state index in [-0.39, 0.29) is 42.3 Å². The maximum Gasteiger partial charge on any atom is 0.323 e. The fourth-order valence-corrected chi connectivity index (χ4v) is 2.86. The summed E-state index contributed by atoms with van der Waals surface area (Å²) >= 11 is 0. The van der Waals surface area contributed by atoms with Crippen LogP contribution in [-0.4, -0.2) is 42.6 Å². The van der Waals surface area contributed by atoms with Crippen molar-refractivity contribution in [3.05, 3.63) is 23.8 Å². The van der Waals surface area contributed by atoms with E-state index in [0.29, 0.717) is 24.8 Å². The summed E-state index contributed by atoms with van der Waals surface area (Å²) in [5, 5.41) is 0. The Labute approximate surface area is 214 Å². The lowest BCUT2D eigenvalue weighted by atomic mass is 10.1. The average molecular weight is 508 g/mol. The minimum Gasteiger partial charge on any atom is -0.462 e. The topological polar surface area (TPSA) is 131 Å². The van der Waals surface area contributed by atoms with Crippen LogP contribution >= 0.6 is 0 Å². The molecule has 0 heterocycles. The molecule has 9 heteroatoms. The van der Waals surface area contributed by atoms with Gasteiger partial charge in [-0.05, 0) is 50.3 Å². The Morgan fingerprint density at radius 1 is 0.861 bits per heavy atom. The SMILES string of the molecule is CCCCC(=O)OC[C@H](C)OC(=O)[C@@H](N)Cc1ccc(OC(=O)C(C)CC)c(OC(=O)C(C)CC)c1. The fraction of sp³-hybridized carbons (Fsp3) is 0.630. The molecule has 4 atom stereocenters. The van der Waals surface area contributed by atoms with Crippen molar-refractivity contribution >= 4 is 23.9 Å². The normalized spacial score (nSPS) is 14.2. The van der Waals surface area contributed by atoms with Gasteiger partial charge in [-0.1, -0.05) is 47.1 Å². The highest BCUT2D eigenvalue weighted by Gasteiger charge is 2.23. The van der Waals surface area contributed by atoms with Crippen molar-refractivity contribution in [1.82, 2.24) is 0 Å². The largest absolute Gasteiger partial charge is 0.462 e. The van der Waals surface area contributed by atoms with Gasteiger partial charge in [0.05, 0.1) is 11.8 Å². The smallest absolute Gasteiger partial charge is 0.323 e. The van der Waals surface area contributed by atoms with Gasteiger partial charge in [-0.15, -0.1) is 0 Å². The molecule has 2 unspecified atom stereocenters. The summed E-state index contributed by atoms with van der Waals surface area (Å²) in [7, 11) is 0. The Balaban J connectivity index is 2.88. The molecule has 0 saturated carbocycles. The van der Waals surface area contributed by atoms with E-state index in [9.17, 15) is 19.2 Å². The third-order valence-electron chi connectivity index (χ3n) is 5.75. The molecule has 1 rings (SSSR count). The van der Waals surface area contributed by atoms with Crippen molar-refractivity contribution in [2.45, 2.75) is 92.2 Å². The maximum absolute atomic E-state index is 12.4. The zero-order valence-corrected chi connectivity index (χ0v) is 22.3. The van der Waals surface area contributed by atoms with Crippen LogP contribution in [0.4, 0.5) is 0 Å². The number of ether oxygens (including phenoxy) is 4. The van der Waals surface area contributed by atoms with Gasteiger partial charge in [-0.3, -0.25) is 19.2 Å². The first-order chi connectivity index (χ1) is 17.0. The molecule has 202 valence electrons. The molecule has 0 radical (unpaired) electrons. The lowest BCUT2D eigenvalue weighted by Crippen LogP contribution is -2.37. The van der Waals surface area contributed by atoms with Crippen LogP contribution in [0, 0.1) is 11.8 Å². The molecule has 0 amide bonds. The Kier molecular flexibility index (Phi) is 13.8. The minimum absolute atomic E-state index is 0.0486. The second-order valence-corrected chi connectivity index (χ2v) is 9.09. The quantitative estimate of drug-likeness (QED) is 0.275.